The van der Waals surface area contributed by atoms with Crippen LogP contribution >= 0.6 is 0 Å². The van der Waals surface area contributed by atoms with Crippen LogP contribution in [0.3, 0.4) is 0 Å². The van der Waals surface area contributed by atoms with Crippen molar-refractivity contribution in [2.75, 3.05) is 6.54 Å². The Morgan fingerprint density at radius 1 is 1.44 bits per heavy atom. The summed E-state index contributed by atoms with van der Waals surface area (Å²) in [5, 5.41) is 22.4. The lowest BCUT2D eigenvalue weighted by molar-refractivity contribution is -0.148. The molecule has 1 saturated heterocycles. The smallest absolute Gasteiger partial charge is 0.326 e. The fourth-order valence-electron chi connectivity index (χ4n) is 2.11. The van der Waals surface area contributed by atoms with Gasteiger partial charge < -0.3 is 15.1 Å². The number of aromatic nitrogens is 2. The molecular weight excluding hydrogens is 238 g/mol. The van der Waals surface area contributed by atoms with Gasteiger partial charge in [0.25, 0.3) is 0 Å². The number of aliphatic carboxylic acids is 1. The van der Waals surface area contributed by atoms with Gasteiger partial charge >= 0.3 is 5.97 Å². The summed E-state index contributed by atoms with van der Waals surface area (Å²) in [6.45, 7) is 0.500. The number of carbonyl (C=O) groups excluding carboxylic acids is 1. The minimum atomic E-state index is -1.07. The third-order valence-corrected chi connectivity index (χ3v) is 3.00. The highest BCUT2D eigenvalue weighted by Gasteiger charge is 2.38. The molecule has 1 aromatic heterocycles. The third kappa shape index (κ3) is 2.67. The number of aliphatic hydroxyl groups excluding tert-OH is 1. The molecule has 2 N–H and O–H groups in total. The highest BCUT2D eigenvalue weighted by molar-refractivity contribution is 5.84. The first-order chi connectivity index (χ1) is 8.58. The second-order valence-corrected chi connectivity index (χ2v) is 4.31. The summed E-state index contributed by atoms with van der Waals surface area (Å²) < 4.78 is 1.61. The molecule has 1 fully saturated rings. The number of nitrogens with zero attached hydrogens (tertiary/aromatic N) is 3. The van der Waals surface area contributed by atoms with Gasteiger partial charge in [0.2, 0.25) is 5.91 Å². The summed E-state index contributed by atoms with van der Waals surface area (Å²) in [5.74, 6) is -1.34. The summed E-state index contributed by atoms with van der Waals surface area (Å²) in [6, 6.07) is 0.842. The van der Waals surface area contributed by atoms with Crippen LogP contribution in [0.2, 0.25) is 0 Å². The molecule has 0 radical (unpaired) electrons. The van der Waals surface area contributed by atoms with E-state index in [0.29, 0.717) is 6.54 Å². The topological polar surface area (TPSA) is 95.7 Å². The quantitative estimate of drug-likeness (QED) is 0.741. The Bertz CT molecular complexity index is 432. The average molecular weight is 253 g/mol. The molecule has 1 aliphatic heterocycles. The molecule has 2 rings (SSSR count). The molecule has 0 saturated carbocycles. The summed E-state index contributed by atoms with van der Waals surface area (Å²) in [5.41, 5.74) is 0. The first-order valence-corrected chi connectivity index (χ1v) is 5.75. The Labute approximate surface area is 104 Å². The maximum Gasteiger partial charge on any atom is 0.326 e. The van der Waals surface area contributed by atoms with Crippen LogP contribution in [0.15, 0.2) is 18.5 Å². The van der Waals surface area contributed by atoms with E-state index in [0.717, 1.165) is 0 Å². The van der Waals surface area contributed by atoms with E-state index in [1.165, 1.54) is 4.90 Å². The lowest BCUT2D eigenvalue weighted by Crippen LogP contribution is -2.40. The van der Waals surface area contributed by atoms with Crippen molar-refractivity contribution < 1.29 is 19.8 Å². The van der Waals surface area contributed by atoms with Gasteiger partial charge in [0, 0.05) is 38.3 Å². The molecule has 0 aliphatic carbocycles. The summed E-state index contributed by atoms with van der Waals surface area (Å²) in [7, 11) is 0. The van der Waals surface area contributed by atoms with Crippen molar-refractivity contribution in [3.05, 3.63) is 18.5 Å². The molecule has 2 heterocycles. The minimum Gasteiger partial charge on any atom is -0.480 e. The molecule has 7 nitrogen and oxygen atoms in total. The number of hydrogen-bond donors (Lipinski definition) is 2. The van der Waals surface area contributed by atoms with Crippen LogP contribution in [0.1, 0.15) is 12.8 Å². The first-order valence-electron chi connectivity index (χ1n) is 5.75. The number of carboxylic acid groups (broad SMARTS) is 1. The van der Waals surface area contributed by atoms with Crippen LogP contribution in [0.4, 0.5) is 0 Å². The number of hydrogen-bond acceptors (Lipinski definition) is 4. The van der Waals surface area contributed by atoms with Gasteiger partial charge in [0.05, 0.1) is 6.10 Å². The second-order valence-electron chi connectivity index (χ2n) is 4.31. The predicted molar refractivity (Wildman–Crippen MR) is 60.6 cm³/mol. The Hall–Kier alpha value is -1.89. The fraction of sp³-hybridized carbons (Fsp3) is 0.545. The molecule has 0 bridgehead atoms. The molecule has 1 aliphatic rings. The van der Waals surface area contributed by atoms with Crippen LogP contribution < -0.4 is 0 Å². The van der Waals surface area contributed by atoms with Crippen LogP contribution in [-0.2, 0) is 16.1 Å². The predicted octanol–water partition coefficient (Wildman–Crippen LogP) is -0.680. The van der Waals surface area contributed by atoms with Crippen LogP contribution in [0.25, 0.3) is 0 Å². The molecule has 1 amide bonds. The standard InChI is InChI=1S/C11H15N3O4/c15-8-6-9(11(17)18)14(7-8)10(16)2-5-13-4-1-3-12-13/h1,3-4,8-9,15H,2,5-7H2,(H,17,18)/t8-,9-/m1/s1. The third-order valence-electron chi connectivity index (χ3n) is 3.00. The van der Waals surface area contributed by atoms with Gasteiger partial charge in [-0.25, -0.2) is 4.79 Å². The van der Waals surface area contributed by atoms with Gasteiger partial charge in [0.1, 0.15) is 6.04 Å². The number of carboxylic acids is 1. The highest BCUT2D eigenvalue weighted by atomic mass is 16.4. The van der Waals surface area contributed by atoms with E-state index >= 15 is 0 Å². The molecule has 0 aromatic carbocycles. The van der Waals surface area contributed by atoms with E-state index in [-0.39, 0.29) is 25.3 Å². The van der Waals surface area contributed by atoms with Gasteiger partial charge in [-0.2, -0.15) is 5.10 Å². The number of aryl methyl sites for hydroxylation is 1. The largest absolute Gasteiger partial charge is 0.480 e. The number of rotatable bonds is 4. The zero-order chi connectivity index (χ0) is 13.1. The number of aliphatic hydroxyl groups is 1. The van der Waals surface area contributed by atoms with E-state index < -0.39 is 18.1 Å². The van der Waals surface area contributed by atoms with Crippen LogP contribution in [0.5, 0.6) is 0 Å². The molecule has 1 aromatic rings. The summed E-state index contributed by atoms with van der Waals surface area (Å²) in [4.78, 5) is 24.1. The zero-order valence-corrected chi connectivity index (χ0v) is 9.77. The van der Waals surface area contributed by atoms with Crippen molar-refractivity contribution in [3.8, 4) is 0 Å². The van der Waals surface area contributed by atoms with Gasteiger partial charge in [-0.1, -0.05) is 0 Å². The molecule has 18 heavy (non-hydrogen) atoms. The first kappa shape index (κ1) is 12.6. The van der Waals surface area contributed by atoms with Crippen LogP contribution in [-0.4, -0.2) is 55.5 Å². The van der Waals surface area contributed by atoms with E-state index in [2.05, 4.69) is 5.10 Å². The Kier molecular flexibility index (Phi) is 3.61. The van der Waals surface area contributed by atoms with E-state index in [9.17, 15) is 14.7 Å². The second kappa shape index (κ2) is 5.18. The highest BCUT2D eigenvalue weighted by Crippen LogP contribution is 2.19. The lowest BCUT2D eigenvalue weighted by Gasteiger charge is -2.21. The monoisotopic (exact) mass is 253 g/mol. The number of carbonyl (C=O) groups is 2. The summed E-state index contributed by atoms with van der Waals surface area (Å²) in [6.07, 6.45) is 2.88. The Morgan fingerprint density at radius 2 is 2.22 bits per heavy atom. The Morgan fingerprint density at radius 3 is 2.83 bits per heavy atom. The van der Waals surface area contributed by atoms with E-state index in [4.69, 9.17) is 5.11 Å². The molecule has 2 atom stereocenters. The molecule has 7 heteroatoms. The zero-order valence-electron chi connectivity index (χ0n) is 9.77. The Balaban J connectivity index is 1.93. The number of β-amino-alcohol motifs (C(OH)–C–C–N with tert-alkyl or cyclic N) is 1. The minimum absolute atomic E-state index is 0.0922. The molecular formula is C11H15N3O4. The van der Waals surface area contributed by atoms with Gasteiger partial charge in [-0.3, -0.25) is 9.48 Å². The number of likely N-dealkylation sites (tertiary alicyclic amines) is 1. The molecule has 0 unspecified atom stereocenters. The molecule has 0 spiro atoms. The lowest BCUT2D eigenvalue weighted by atomic mass is 10.2. The van der Waals surface area contributed by atoms with Crippen molar-refractivity contribution in [3.63, 3.8) is 0 Å². The van der Waals surface area contributed by atoms with Crippen molar-refractivity contribution >= 4 is 11.9 Å². The van der Waals surface area contributed by atoms with Gasteiger partial charge in [-0.15, -0.1) is 0 Å². The van der Waals surface area contributed by atoms with E-state index in [1.807, 2.05) is 0 Å². The maximum absolute atomic E-state index is 11.9. The van der Waals surface area contributed by atoms with Crippen molar-refractivity contribution in [2.24, 2.45) is 0 Å². The SMILES string of the molecule is O=C(O)[C@H]1C[C@@H](O)CN1C(=O)CCn1cccn1. The summed E-state index contributed by atoms with van der Waals surface area (Å²) >= 11 is 0. The average Bonchev–Trinajstić information content (AvgIpc) is 2.94. The van der Waals surface area contributed by atoms with Crippen LogP contribution in [0, 0.1) is 0 Å². The maximum atomic E-state index is 11.9. The van der Waals surface area contributed by atoms with E-state index in [1.54, 1.807) is 23.1 Å². The van der Waals surface area contributed by atoms with Crippen molar-refractivity contribution in [1.29, 1.82) is 0 Å². The normalized spacial score (nSPS) is 23.3. The van der Waals surface area contributed by atoms with Gasteiger partial charge in [-0.05, 0) is 6.07 Å². The number of amides is 1. The van der Waals surface area contributed by atoms with Gasteiger partial charge in [0.15, 0.2) is 0 Å². The van der Waals surface area contributed by atoms with Crippen molar-refractivity contribution in [1.82, 2.24) is 14.7 Å². The van der Waals surface area contributed by atoms with Crippen molar-refractivity contribution in [2.45, 2.75) is 31.5 Å². The fourth-order valence-corrected chi connectivity index (χ4v) is 2.11. The molecule has 98 valence electrons.